The van der Waals surface area contributed by atoms with Gasteiger partial charge in [0.2, 0.25) is 0 Å². The molecule has 0 bridgehead atoms. The van der Waals surface area contributed by atoms with Crippen molar-refractivity contribution >= 4 is 22.8 Å². The molecule has 26 heavy (non-hydrogen) atoms. The number of aromatic hydroxyl groups is 1. The normalized spacial score (nSPS) is 10.8. The van der Waals surface area contributed by atoms with Crippen LogP contribution in [-0.2, 0) is 0 Å². The Balaban J connectivity index is 1.86. The predicted molar refractivity (Wildman–Crippen MR) is 120 cm³/mol. The lowest BCUT2D eigenvalue weighted by Crippen LogP contribution is -2.07. The SMILES string of the molecule is CCCCCCCCCCCCCCC(=S)CCNc1ccccc1O. The Kier molecular flexibility index (Phi) is 14.2. The second kappa shape index (κ2) is 16.1. The molecule has 0 amide bonds. The van der Waals surface area contributed by atoms with Crippen LogP contribution in [0.25, 0.3) is 0 Å². The molecule has 1 rings (SSSR count). The third-order valence-corrected chi connectivity index (χ3v) is 5.34. The maximum absolute atomic E-state index is 9.71. The van der Waals surface area contributed by atoms with Crippen molar-refractivity contribution in [2.45, 2.75) is 96.8 Å². The van der Waals surface area contributed by atoms with E-state index in [-0.39, 0.29) is 0 Å². The number of hydrogen-bond donors (Lipinski definition) is 2. The second-order valence-electron chi connectivity index (χ2n) is 7.37. The zero-order valence-electron chi connectivity index (χ0n) is 16.8. The van der Waals surface area contributed by atoms with Crippen molar-refractivity contribution in [1.29, 1.82) is 0 Å². The maximum atomic E-state index is 9.71. The second-order valence-corrected chi connectivity index (χ2v) is 7.95. The number of benzene rings is 1. The number of phenols is 1. The largest absolute Gasteiger partial charge is 0.506 e. The first kappa shape index (κ1) is 23.0. The van der Waals surface area contributed by atoms with Gasteiger partial charge >= 0.3 is 0 Å². The van der Waals surface area contributed by atoms with Crippen LogP contribution >= 0.6 is 12.2 Å². The third kappa shape index (κ3) is 12.3. The van der Waals surface area contributed by atoms with Gasteiger partial charge in [0.25, 0.3) is 0 Å². The number of hydrogen-bond acceptors (Lipinski definition) is 3. The minimum atomic E-state index is 0.305. The van der Waals surface area contributed by atoms with Crippen molar-refractivity contribution in [3.63, 3.8) is 0 Å². The third-order valence-electron chi connectivity index (χ3n) is 4.93. The number of para-hydroxylation sites is 2. The lowest BCUT2D eigenvalue weighted by atomic mass is 10.0. The van der Waals surface area contributed by atoms with E-state index >= 15 is 0 Å². The Bertz CT molecular complexity index is 475. The van der Waals surface area contributed by atoms with Gasteiger partial charge in [-0.05, 0) is 36.3 Å². The van der Waals surface area contributed by atoms with Gasteiger partial charge in [-0.15, -0.1) is 0 Å². The van der Waals surface area contributed by atoms with E-state index in [0.717, 1.165) is 29.9 Å². The van der Waals surface area contributed by atoms with Crippen molar-refractivity contribution in [2.24, 2.45) is 0 Å². The predicted octanol–water partition coefficient (Wildman–Crippen LogP) is 7.66. The van der Waals surface area contributed by atoms with Gasteiger partial charge in [-0.3, -0.25) is 0 Å². The lowest BCUT2D eigenvalue weighted by molar-refractivity contribution is 0.477. The van der Waals surface area contributed by atoms with Crippen LogP contribution < -0.4 is 5.32 Å². The molecule has 3 heteroatoms. The van der Waals surface area contributed by atoms with Gasteiger partial charge in [0.15, 0.2) is 0 Å². The van der Waals surface area contributed by atoms with Crippen LogP contribution in [-0.4, -0.2) is 16.5 Å². The first-order valence-corrected chi connectivity index (χ1v) is 11.2. The summed E-state index contributed by atoms with van der Waals surface area (Å²) >= 11 is 5.48. The van der Waals surface area contributed by atoms with E-state index in [4.69, 9.17) is 12.2 Å². The molecule has 0 spiro atoms. The molecular formula is C23H39NOS. The highest BCUT2D eigenvalue weighted by atomic mass is 32.1. The van der Waals surface area contributed by atoms with Gasteiger partial charge in [0.1, 0.15) is 5.75 Å². The monoisotopic (exact) mass is 377 g/mol. The van der Waals surface area contributed by atoms with E-state index in [9.17, 15) is 5.11 Å². The summed E-state index contributed by atoms with van der Waals surface area (Å²) in [4.78, 5) is 1.15. The van der Waals surface area contributed by atoms with Gasteiger partial charge in [0, 0.05) is 6.54 Å². The van der Waals surface area contributed by atoms with Crippen LogP contribution in [0, 0.1) is 0 Å². The van der Waals surface area contributed by atoms with Crippen LogP contribution in [0.1, 0.15) is 96.8 Å². The number of unbranched alkanes of at least 4 members (excludes halogenated alkanes) is 11. The van der Waals surface area contributed by atoms with Crippen LogP contribution in [0.15, 0.2) is 24.3 Å². The fourth-order valence-corrected chi connectivity index (χ4v) is 3.49. The van der Waals surface area contributed by atoms with Crippen LogP contribution in [0.5, 0.6) is 5.75 Å². The van der Waals surface area contributed by atoms with Crippen LogP contribution in [0.4, 0.5) is 5.69 Å². The Labute approximate surface area is 166 Å². The fraction of sp³-hybridized carbons (Fsp3) is 0.696. The number of anilines is 1. The van der Waals surface area contributed by atoms with Crippen molar-refractivity contribution < 1.29 is 5.11 Å². The van der Waals surface area contributed by atoms with E-state index in [1.54, 1.807) is 6.07 Å². The summed E-state index contributed by atoms with van der Waals surface area (Å²) in [6.45, 7) is 3.08. The molecule has 2 nitrogen and oxygen atoms in total. The summed E-state index contributed by atoms with van der Waals surface area (Å²) in [6, 6.07) is 7.35. The lowest BCUT2D eigenvalue weighted by Gasteiger charge is -2.09. The first-order valence-electron chi connectivity index (χ1n) is 10.8. The molecule has 0 aliphatic heterocycles. The zero-order valence-corrected chi connectivity index (χ0v) is 17.6. The molecule has 0 atom stereocenters. The van der Waals surface area contributed by atoms with Gasteiger partial charge in [0.05, 0.1) is 5.69 Å². The molecule has 1 aromatic rings. The number of rotatable bonds is 17. The van der Waals surface area contributed by atoms with Gasteiger partial charge in [-0.1, -0.05) is 102 Å². The van der Waals surface area contributed by atoms with E-state index in [1.807, 2.05) is 18.2 Å². The van der Waals surface area contributed by atoms with Crippen LogP contribution in [0.2, 0.25) is 0 Å². The van der Waals surface area contributed by atoms with Crippen molar-refractivity contribution in [3.05, 3.63) is 24.3 Å². The molecule has 0 saturated carbocycles. The summed E-state index contributed by atoms with van der Waals surface area (Å²) in [5, 5.41) is 13.0. The van der Waals surface area contributed by atoms with Crippen molar-refractivity contribution in [3.8, 4) is 5.75 Å². The van der Waals surface area contributed by atoms with E-state index in [1.165, 1.54) is 77.0 Å². The molecule has 0 saturated heterocycles. The number of thiocarbonyl (C=S) groups is 1. The fourth-order valence-electron chi connectivity index (χ4n) is 3.25. The standard InChI is InChI=1S/C23H39NOS/c1-2-3-4-5-6-7-8-9-10-11-12-13-16-21(26)19-20-24-22-17-14-15-18-23(22)25/h14-15,17-18,24-25H,2-13,16,19-20H2,1H3. The molecule has 0 aromatic heterocycles. The highest BCUT2D eigenvalue weighted by Crippen LogP contribution is 2.21. The summed E-state index contributed by atoms with van der Waals surface area (Å²) in [7, 11) is 0. The Hall–Kier alpha value is -1.09. The molecule has 0 heterocycles. The molecule has 0 radical (unpaired) electrons. The van der Waals surface area contributed by atoms with E-state index in [0.29, 0.717) is 5.75 Å². The van der Waals surface area contributed by atoms with E-state index in [2.05, 4.69) is 12.2 Å². The minimum absolute atomic E-state index is 0.305. The van der Waals surface area contributed by atoms with Crippen LogP contribution in [0.3, 0.4) is 0 Å². The molecule has 0 unspecified atom stereocenters. The molecule has 1 aromatic carbocycles. The summed E-state index contributed by atoms with van der Waals surface area (Å²) < 4.78 is 0. The van der Waals surface area contributed by atoms with E-state index < -0.39 is 0 Å². The van der Waals surface area contributed by atoms with Gasteiger partial charge < -0.3 is 10.4 Å². The minimum Gasteiger partial charge on any atom is -0.506 e. The molecule has 0 aliphatic rings. The smallest absolute Gasteiger partial charge is 0.138 e. The quantitative estimate of drug-likeness (QED) is 0.166. The van der Waals surface area contributed by atoms with Gasteiger partial charge in [-0.2, -0.15) is 0 Å². The number of phenolic OH excluding ortho intramolecular Hbond substituents is 1. The number of nitrogens with one attached hydrogen (secondary N) is 1. The average molecular weight is 378 g/mol. The van der Waals surface area contributed by atoms with Crippen molar-refractivity contribution in [2.75, 3.05) is 11.9 Å². The zero-order chi connectivity index (χ0) is 18.9. The Morgan fingerprint density at radius 2 is 1.35 bits per heavy atom. The molecule has 148 valence electrons. The summed E-state index contributed by atoms with van der Waals surface area (Å²) in [6.07, 6.45) is 18.6. The van der Waals surface area contributed by atoms with Crippen molar-refractivity contribution in [1.82, 2.24) is 0 Å². The topological polar surface area (TPSA) is 32.3 Å². The highest BCUT2D eigenvalue weighted by molar-refractivity contribution is 7.80. The molecule has 0 fully saturated rings. The molecular weight excluding hydrogens is 338 g/mol. The molecule has 0 aliphatic carbocycles. The Morgan fingerprint density at radius 1 is 0.808 bits per heavy atom. The molecule has 2 N–H and O–H groups in total. The maximum Gasteiger partial charge on any atom is 0.138 e. The highest BCUT2D eigenvalue weighted by Gasteiger charge is 2.01. The average Bonchev–Trinajstić information content (AvgIpc) is 2.64. The first-order chi connectivity index (χ1) is 12.7. The summed E-state index contributed by atoms with van der Waals surface area (Å²) in [5.41, 5.74) is 0.792. The Morgan fingerprint density at radius 3 is 1.92 bits per heavy atom. The van der Waals surface area contributed by atoms with Gasteiger partial charge in [-0.25, -0.2) is 0 Å². The summed E-state index contributed by atoms with van der Waals surface area (Å²) in [5.74, 6) is 0.305.